The number of benzene rings is 1. The Kier molecular flexibility index (Phi) is 3.40. The monoisotopic (exact) mass is 262 g/mol. The van der Waals surface area contributed by atoms with E-state index in [0.717, 1.165) is 6.07 Å². The van der Waals surface area contributed by atoms with E-state index in [1.807, 2.05) is 6.07 Å². The number of nitrogens with zero attached hydrogens (tertiary/aromatic N) is 3. The fourth-order valence-corrected chi connectivity index (χ4v) is 1.50. The molecule has 0 bridgehead atoms. The van der Waals surface area contributed by atoms with Crippen LogP contribution in [0.1, 0.15) is 11.1 Å². The average molecular weight is 263 g/mol. The van der Waals surface area contributed by atoms with Crippen LogP contribution in [0.4, 0.5) is 15.9 Å². The van der Waals surface area contributed by atoms with Crippen LogP contribution in [0.15, 0.2) is 24.5 Å². The van der Waals surface area contributed by atoms with Crippen molar-refractivity contribution in [2.45, 2.75) is 6.92 Å². The Morgan fingerprint density at radius 1 is 1.39 bits per heavy atom. The van der Waals surface area contributed by atoms with E-state index in [9.17, 15) is 4.39 Å². The molecule has 0 aliphatic carbocycles. The van der Waals surface area contributed by atoms with Gasteiger partial charge in [0.05, 0.1) is 17.3 Å². The molecule has 4 nitrogen and oxygen atoms in total. The second-order valence-electron chi connectivity index (χ2n) is 3.57. The number of hydrogen-bond acceptors (Lipinski definition) is 4. The number of aromatic nitrogens is 2. The van der Waals surface area contributed by atoms with Gasteiger partial charge in [-0.25, -0.2) is 14.4 Å². The molecule has 18 heavy (non-hydrogen) atoms. The lowest BCUT2D eigenvalue weighted by molar-refractivity contribution is 0.631. The van der Waals surface area contributed by atoms with Crippen molar-refractivity contribution < 1.29 is 4.39 Å². The molecule has 0 fully saturated rings. The number of nitriles is 1. The van der Waals surface area contributed by atoms with E-state index >= 15 is 0 Å². The maximum absolute atomic E-state index is 13.7. The highest BCUT2D eigenvalue weighted by molar-refractivity contribution is 6.30. The van der Waals surface area contributed by atoms with Crippen molar-refractivity contribution in [3.05, 3.63) is 46.6 Å². The zero-order valence-corrected chi connectivity index (χ0v) is 10.2. The van der Waals surface area contributed by atoms with Gasteiger partial charge in [-0.3, -0.25) is 0 Å². The molecule has 0 aliphatic heterocycles. The summed E-state index contributed by atoms with van der Waals surface area (Å²) in [5.41, 5.74) is 1.12. The van der Waals surface area contributed by atoms with Crippen molar-refractivity contribution in [1.82, 2.24) is 9.97 Å². The van der Waals surface area contributed by atoms with Crippen molar-refractivity contribution in [3.8, 4) is 6.07 Å². The molecule has 0 amide bonds. The lowest BCUT2D eigenvalue weighted by Gasteiger charge is -2.09. The minimum Gasteiger partial charge on any atom is -0.337 e. The van der Waals surface area contributed by atoms with Gasteiger partial charge in [-0.2, -0.15) is 5.26 Å². The molecule has 0 spiro atoms. The third-order valence-corrected chi connectivity index (χ3v) is 2.75. The van der Waals surface area contributed by atoms with Gasteiger partial charge in [0.1, 0.15) is 23.1 Å². The van der Waals surface area contributed by atoms with E-state index < -0.39 is 5.82 Å². The predicted molar refractivity (Wildman–Crippen MR) is 66.2 cm³/mol. The number of anilines is 2. The van der Waals surface area contributed by atoms with Crippen LogP contribution >= 0.6 is 11.6 Å². The van der Waals surface area contributed by atoms with Crippen molar-refractivity contribution >= 4 is 23.1 Å². The normalized spacial score (nSPS) is 9.89. The van der Waals surface area contributed by atoms with Crippen LogP contribution < -0.4 is 5.32 Å². The van der Waals surface area contributed by atoms with E-state index in [0.29, 0.717) is 16.5 Å². The Morgan fingerprint density at radius 3 is 2.83 bits per heavy atom. The van der Waals surface area contributed by atoms with Crippen LogP contribution in [0, 0.1) is 24.1 Å². The maximum Gasteiger partial charge on any atom is 0.147 e. The molecular weight excluding hydrogens is 255 g/mol. The van der Waals surface area contributed by atoms with Crippen LogP contribution in [0.2, 0.25) is 5.15 Å². The average Bonchev–Trinajstić information content (AvgIpc) is 2.37. The highest BCUT2D eigenvalue weighted by atomic mass is 35.5. The molecule has 2 rings (SSSR count). The van der Waals surface area contributed by atoms with Crippen molar-refractivity contribution in [1.29, 1.82) is 5.26 Å². The van der Waals surface area contributed by atoms with Gasteiger partial charge in [0.15, 0.2) is 0 Å². The van der Waals surface area contributed by atoms with Gasteiger partial charge in [-0.1, -0.05) is 11.6 Å². The quantitative estimate of drug-likeness (QED) is 0.845. The number of nitrogens with one attached hydrogen (secondary N) is 1. The summed E-state index contributed by atoms with van der Waals surface area (Å²) in [6.07, 6.45) is 1.29. The lowest BCUT2D eigenvalue weighted by Crippen LogP contribution is -2.00. The first-order valence-electron chi connectivity index (χ1n) is 5.05. The van der Waals surface area contributed by atoms with Gasteiger partial charge in [0.25, 0.3) is 0 Å². The predicted octanol–water partition coefficient (Wildman–Crippen LogP) is 3.19. The molecule has 0 saturated carbocycles. The molecule has 0 atom stereocenters. The second kappa shape index (κ2) is 4.98. The topological polar surface area (TPSA) is 61.6 Å². The van der Waals surface area contributed by atoms with Crippen LogP contribution in [-0.2, 0) is 0 Å². The van der Waals surface area contributed by atoms with E-state index in [2.05, 4.69) is 15.3 Å². The summed E-state index contributed by atoms with van der Waals surface area (Å²) in [4.78, 5) is 7.79. The maximum atomic E-state index is 13.7. The molecule has 6 heteroatoms. The van der Waals surface area contributed by atoms with Crippen LogP contribution in [-0.4, -0.2) is 9.97 Å². The SMILES string of the molecule is Cc1c(Cl)ncnc1Nc1ccc(C#N)cc1F. The molecule has 0 aliphatic rings. The van der Waals surface area contributed by atoms with Crippen LogP contribution in [0.5, 0.6) is 0 Å². The van der Waals surface area contributed by atoms with Crippen molar-refractivity contribution in [2.75, 3.05) is 5.32 Å². The zero-order valence-electron chi connectivity index (χ0n) is 9.41. The molecule has 1 aromatic carbocycles. The number of halogens is 2. The van der Waals surface area contributed by atoms with E-state index in [1.165, 1.54) is 18.5 Å². The smallest absolute Gasteiger partial charge is 0.147 e. The summed E-state index contributed by atoms with van der Waals surface area (Å²) in [5, 5.41) is 11.8. The minimum atomic E-state index is -0.525. The molecule has 1 heterocycles. The summed E-state index contributed by atoms with van der Waals surface area (Å²) in [5.74, 6) is -0.0956. The first-order chi connectivity index (χ1) is 8.61. The first-order valence-corrected chi connectivity index (χ1v) is 5.43. The summed E-state index contributed by atoms with van der Waals surface area (Å²) in [6, 6.07) is 6.01. The third-order valence-electron chi connectivity index (χ3n) is 2.37. The lowest BCUT2D eigenvalue weighted by atomic mass is 10.2. The fourth-order valence-electron chi connectivity index (χ4n) is 1.37. The standard InChI is InChI=1S/C12H8ClFN4/c1-7-11(13)16-6-17-12(7)18-10-3-2-8(5-15)4-9(10)14/h2-4,6H,1H3,(H,16,17,18). The highest BCUT2D eigenvalue weighted by Gasteiger charge is 2.08. The van der Waals surface area contributed by atoms with Crippen LogP contribution in [0.25, 0.3) is 0 Å². The van der Waals surface area contributed by atoms with E-state index in [1.54, 1.807) is 6.92 Å². The molecule has 90 valence electrons. The Hall–Kier alpha value is -2.19. The van der Waals surface area contributed by atoms with E-state index in [4.69, 9.17) is 16.9 Å². The molecule has 1 N–H and O–H groups in total. The van der Waals surface area contributed by atoms with E-state index in [-0.39, 0.29) is 11.3 Å². The molecular formula is C12H8ClFN4. The molecule has 1 aromatic heterocycles. The van der Waals surface area contributed by atoms with Gasteiger partial charge >= 0.3 is 0 Å². The van der Waals surface area contributed by atoms with Gasteiger partial charge in [-0.15, -0.1) is 0 Å². The zero-order chi connectivity index (χ0) is 13.1. The summed E-state index contributed by atoms with van der Waals surface area (Å²) in [6.45, 7) is 1.73. The Morgan fingerprint density at radius 2 is 2.17 bits per heavy atom. The van der Waals surface area contributed by atoms with Gasteiger partial charge in [-0.05, 0) is 25.1 Å². The number of hydrogen-bond donors (Lipinski definition) is 1. The molecule has 0 radical (unpaired) electrons. The van der Waals surface area contributed by atoms with Gasteiger partial charge < -0.3 is 5.32 Å². The fraction of sp³-hybridized carbons (Fsp3) is 0.0833. The second-order valence-corrected chi connectivity index (χ2v) is 3.93. The van der Waals surface area contributed by atoms with Gasteiger partial charge in [0, 0.05) is 5.56 Å². The molecule has 0 saturated heterocycles. The Balaban J connectivity index is 2.35. The van der Waals surface area contributed by atoms with Crippen molar-refractivity contribution in [2.24, 2.45) is 0 Å². The molecule has 2 aromatic rings. The largest absolute Gasteiger partial charge is 0.337 e. The highest BCUT2D eigenvalue weighted by Crippen LogP contribution is 2.24. The summed E-state index contributed by atoms with van der Waals surface area (Å²) < 4.78 is 13.7. The first kappa shape index (κ1) is 12.3. The van der Waals surface area contributed by atoms with Crippen LogP contribution in [0.3, 0.4) is 0 Å². The Labute approximate surface area is 108 Å². The van der Waals surface area contributed by atoms with Crippen molar-refractivity contribution in [3.63, 3.8) is 0 Å². The Bertz CT molecular complexity index is 636. The minimum absolute atomic E-state index is 0.229. The van der Waals surface area contributed by atoms with Gasteiger partial charge in [0.2, 0.25) is 0 Å². The molecule has 0 unspecified atom stereocenters. The number of rotatable bonds is 2. The summed E-state index contributed by atoms with van der Waals surface area (Å²) in [7, 11) is 0. The third kappa shape index (κ3) is 2.39. The summed E-state index contributed by atoms with van der Waals surface area (Å²) >= 11 is 5.84.